The van der Waals surface area contributed by atoms with Gasteiger partial charge < -0.3 is 0 Å². The smallest absolute Gasteiger partial charge is 0.255 e. The highest BCUT2D eigenvalue weighted by atomic mass is 79.9. The minimum Gasteiger partial charge on any atom is -0.255 e. The minimum atomic E-state index is -3.86. The molecule has 4 nitrogen and oxygen atoms in total. The van der Waals surface area contributed by atoms with Crippen molar-refractivity contribution >= 4 is 65.6 Å². The SMILES string of the molecule is Cc1cnc(NS(=O)(=O)c2c(Cl)cc(Br)cc2Cl)s1. The van der Waals surface area contributed by atoms with Crippen LogP contribution in [0, 0.1) is 6.92 Å². The lowest BCUT2D eigenvalue weighted by Gasteiger charge is -2.09. The fourth-order valence-corrected chi connectivity index (χ4v) is 5.20. The highest BCUT2D eigenvalue weighted by Crippen LogP contribution is 2.34. The van der Waals surface area contributed by atoms with Crippen molar-refractivity contribution in [1.29, 1.82) is 0 Å². The summed E-state index contributed by atoms with van der Waals surface area (Å²) in [5.74, 6) is 0. The van der Waals surface area contributed by atoms with Crippen LogP contribution < -0.4 is 4.72 Å². The van der Waals surface area contributed by atoms with E-state index in [1.54, 1.807) is 6.20 Å². The number of aryl methyl sites for hydroxylation is 1. The maximum absolute atomic E-state index is 12.2. The molecule has 102 valence electrons. The largest absolute Gasteiger partial charge is 0.266 e. The molecule has 1 N–H and O–H groups in total. The van der Waals surface area contributed by atoms with E-state index in [0.717, 1.165) is 4.88 Å². The summed E-state index contributed by atoms with van der Waals surface area (Å²) in [6.45, 7) is 1.83. The second-order valence-corrected chi connectivity index (χ2v) is 8.16. The lowest BCUT2D eigenvalue weighted by Crippen LogP contribution is -2.13. The Labute approximate surface area is 132 Å². The van der Waals surface area contributed by atoms with Crippen LogP contribution in [0.25, 0.3) is 0 Å². The Kier molecular flexibility index (Phi) is 4.42. The Morgan fingerprint density at radius 2 is 1.89 bits per heavy atom. The summed E-state index contributed by atoms with van der Waals surface area (Å²) in [6, 6.07) is 2.93. The zero-order valence-electron chi connectivity index (χ0n) is 9.45. The number of aromatic nitrogens is 1. The number of benzene rings is 1. The van der Waals surface area contributed by atoms with E-state index < -0.39 is 10.0 Å². The third-order valence-electron chi connectivity index (χ3n) is 2.07. The number of nitrogens with zero attached hydrogens (tertiary/aromatic N) is 1. The second kappa shape index (κ2) is 5.57. The first-order valence-corrected chi connectivity index (χ1v) is 8.74. The van der Waals surface area contributed by atoms with Crippen molar-refractivity contribution in [3.05, 3.63) is 37.7 Å². The molecule has 0 aliphatic carbocycles. The van der Waals surface area contributed by atoms with Crippen LogP contribution in [0.15, 0.2) is 27.7 Å². The Hall–Kier alpha value is -0.340. The van der Waals surface area contributed by atoms with Gasteiger partial charge in [-0.25, -0.2) is 13.4 Å². The molecule has 0 amide bonds. The molecule has 1 heterocycles. The van der Waals surface area contributed by atoms with Gasteiger partial charge in [-0.2, -0.15) is 0 Å². The second-order valence-electron chi connectivity index (χ2n) is 3.58. The summed E-state index contributed by atoms with van der Waals surface area (Å²) >= 11 is 16.3. The molecule has 0 fully saturated rings. The Balaban J connectivity index is 2.45. The monoisotopic (exact) mass is 400 g/mol. The molecule has 0 aliphatic heterocycles. The molecule has 2 aromatic rings. The lowest BCUT2D eigenvalue weighted by molar-refractivity contribution is 0.601. The zero-order valence-corrected chi connectivity index (χ0v) is 14.2. The van der Waals surface area contributed by atoms with Crippen LogP contribution in [0.5, 0.6) is 0 Å². The molecular weight excluding hydrogens is 395 g/mol. The number of hydrogen-bond donors (Lipinski definition) is 1. The van der Waals surface area contributed by atoms with E-state index in [0.29, 0.717) is 4.47 Å². The molecule has 0 aliphatic rings. The van der Waals surface area contributed by atoms with Gasteiger partial charge >= 0.3 is 0 Å². The van der Waals surface area contributed by atoms with E-state index in [9.17, 15) is 8.42 Å². The van der Waals surface area contributed by atoms with Crippen molar-refractivity contribution in [3.63, 3.8) is 0 Å². The van der Waals surface area contributed by atoms with Crippen LogP contribution in [0.4, 0.5) is 5.13 Å². The van der Waals surface area contributed by atoms with Gasteiger partial charge in [-0.05, 0) is 19.1 Å². The quantitative estimate of drug-likeness (QED) is 0.832. The molecular formula is C10H7BrCl2N2O2S2. The summed E-state index contributed by atoms with van der Waals surface area (Å²) in [5.41, 5.74) is 0. The number of halogens is 3. The van der Waals surface area contributed by atoms with Crippen molar-refractivity contribution in [1.82, 2.24) is 4.98 Å². The molecule has 19 heavy (non-hydrogen) atoms. The third kappa shape index (κ3) is 3.41. The average molecular weight is 402 g/mol. The van der Waals surface area contributed by atoms with Crippen molar-refractivity contribution in [2.75, 3.05) is 4.72 Å². The maximum atomic E-state index is 12.2. The van der Waals surface area contributed by atoms with Gasteiger partial charge in [0, 0.05) is 15.5 Å². The number of nitrogens with one attached hydrogen (secondary N) is 1. The topological polar surface area (TPSA) is 59.1 Å². The first kappa shape index (κ1) is 15.1. The molecule has 1 aromatic heterocycles. The molecule has 0 atom stereocenters. The zero-order chi connectivity index (χ0) is 14.2. The summed E-state index contributed by atoms with van der Waals surface area (Å²) < 4.78 is 27.4. The molecule has 0 radical (unpaired) electrons. The number of rotatable bonds is 3. The van der Waals surface area contributed by atoms with E-state index in [-0.39, 0.29) is 20.1 Å². The number of thiazole rings is 1. The summed E-state index contributed by atoms with van der Waals surface area (Å²) in [6.07, 6.45) is 1.58. The first-order valence-electron chi connectivity index (χ1n) is 4.89. The maximum Gasteiger partial charge on any atom is 0.266 e. The van der Waals surface area contributed by atoms with Gasteiger partial charge in [0.2, 0.25) is 0 Å². The molecule has 0 saturated heterocycles. The number of sulfonamides is 1. The molecule has 0 saturated carbocycles. The van der Waals surface area contributed by atoms with E-state index in [1.807, 2.05) is 6.92 Å². The Bertz CT molecular complexity index is 708. The number of anilines is 1. The van der Waals surface area contributed by atoms with Crippen molar-refractivity contribution in [3.8, 4) is 0 Å². The summed E-state index contributed by atoms with van der Waals surface area (Å²) in [5, 5.41) is 0.354. The molecule has 9 heteroatoms. The van der Waals surface area contributed by atoms with Crippen LogP contribution in [0.3, 0.4) is 0 Å². The van der Waals surface area contributed by atoms with E-state index in [1.165, 1.54) is 23.5 Å². The molecule has 0 bridgehead atoms. The molecule has 0 spiro atoms. The lowest BCUT2D eigenvalue weighted by atomic mass is 10.4. The van der Waals surface area contributed by atoms with Gasteiger partial charge in [-0.3, -0.25) is 4.72 Å². The molecule has 0 unspecified atom stereocenters. The fourth-order valence-electron chi connectivity index (χ4n) is 1.35. The van der Waals surface area contributed by atoms with Crippen LogP contribution in [-0.4, -0.2) is 13.4 Å². The van der Waals surface area contributed by atoms with Gasteiger partial charge in [0.05, 0.1) is 10.0 Å². The summed E-state index contributed by atoms with van der Waals surface area (Å²) in [4.78, 5) is 4.67. The van der Waals surface area contributed by atoms with E-state index >= 15 is 0 Å². The highest BCUT2D eigenvalue weighted by molar-refractivity contribution is 9.10. The van der Waals surface area contributed by atoms with Gasteiger partial charge in [-0.1, -0.05) is 39.1 Å². The van der Waals surface area contributed by atoms with Gasteiger partial charge in [0.1, 0.15) is 4.90 Å². The predicted molar refractivity (Wildman–Crippen MR) is 81.8 cm³/mol. The Morgan fingerprint density at radius 1 is 1.32 bits per heavy atom. The highest BCUT2D eigenvalue weighted by Gasteiger charge is 2.23. The molecule has 2 rings (SSSR count). The number of hydrogen-bond acceptors (Lipinski definition) is 4. The van der Waals surface area contributed by atoms with Crippen molar-refractivity contribution in [2.24, 2.45) is 0 Å². The standard InChI is InChI=1S/C10H7BrCl2N2O2S2/c1-5-4-14-10(18-5)15-19(16,17)9-7(12)2-6(11)3-8(9)13/h2-4H,1H3,(H,14,15). The molecule has 1 aromatic carbocycles. The van der Waals surface area contributed by atoms with Crippen molar-refractivity contribution < 1.29 is 8.42 Å². The van der Waals surface area contributed by atoms with Gasteiger partial charge in [0.25, 0.3) is 10.0 Å². The van der Waals surface area contributed by atoms with Crippen LogP contribution in [-0.2, 0) is 10.0 Å². The minimum absolute atomic E-state index is 0.0418. The normalized spacial score (nSPS) is 11.6. The van der Waals surface area contributed by atoms with E-state index in [4.69, 9.17) is 23.2 Å². The summed E-state index contributed by atoms with van der Waals surface area (Å²) in [7, 11) is -3.86. The fraction of sp³-hybridized carbons (Fsp3) is 0.100. The van der Waals surface area contributed by atoms with E-state index in [2.05, 4.69) is 25.6 Å². The Morgan fingerprint density at radius 3 is 2.37 bits per heavy atom. The van der Waals surface area contributed by atoms with Gasteiger partial charge in [-0.15, -0.1) is 11.3 Å². The predicted octanol–water partition coefficient (Wildman–Crippen LogP) is 4.32. The van der Waals surface area contributed by atoms with Crippen molar-refractivity contribution in [2.45, 2.75) is 11.8 Å². The van der Waals surface area contributed by atoms with Gasteiger partial charge in [0.15, 0.2) is 5.13 Å². The van der Waals surface area contributed by atoms with Crippen LogP contribution in [0.2, 0.25) is 10.0 Å². The van der Waals surface area contributed by atoms with Crippen LogP contribution >= 0.6 is 50.5 Å². The third-order valence-corrected chi connectivity index (χ3v) is 5.75. The average Bonchev–Trinajstić information content (AvgIpc) is 2.60. The van der Waals surface area contributed by atoms with Crippen LogP contribution in [0.1, 0.15) is 4.88 Å². The first-order chi connectivity index (χ1) is 8.79.